The fourth-order valence-corrected chi connectivity index (χ4v) is 3.30. The Labute approximate surface area is 171 Å². The highest BCUT2D eigenvalue weighted by atomic mass is 16.5. The molecule has 2 aromatic heterocycles. The Morgan fingerprint density at radius 3 is 2.57 bits per heavy atom. The van der Waals surface area contributed by atoms with E-state index in [1.54, 1.807) is 26.0 Å². The highest BCUT2D eigenvalue weighted by molar-refractivity contribution is 6.08. The lowest BCUT2D eigenvalue weighted by molar-refractivity contribution is -0.123. The van der Waals surface area contributed by atoms with E-state index in [0.29, 0.717) is 28.5 Å². The van der Waals surface area contributed by atoms with E-state index < -0.39 is 18.0 Å². The molecule has 0 aliphatic rings. The molecule has 30 heavy (non-hydrogen) atoms. The number of furan rings is 1. The zero-order valence-corrected chi connectivity index (χ0v) is 16.9. The van der Waals surface area contributed by atoms with Gasteiger partial charge < -0.3 is 23.7 Å². The van der Waals surface area contributed by atoms with Crippen molar-refractivity contribution in [1.29, 1.82) is 0 Å². The molecular weight excluding hydrogens is 388 g/mol. The number of esters is 1. The number of rotatable bonds is 5. The van der Waals surface area contributed by atoms with E-state index in [-0.39, 0.29) is 5.56 Å². The maximum atomic E-state index is 12.7. The molecule has 0 spiro atoms. The predicted molar refractivity (Wildman–Crippen MR) is 110 cm³/mol. The SMILES string of the molecule is COc1cc2c(cc1NC(=O)[C@@H](C)OC(=O)c1c(C)noc1C)oc1ccccc12. The number of carbonyl (C=O) groups excluding carboxylic acids is 2. The van der Waals surface area contributed by atoms with Crippen molar-refractivity contribution in [2.75, 3.05) is 12.4 Å². The van der Waals surface area contributed by atoms with E-state index in [9.17, 15) is 9.59 Å². The van der Waals surface area contributed by atoms with Gasteiger partial charge in [0, 0.05) is 16.8 Å². The van der Waals surface area contributed by atoms with Crippen LogP contribution in [0.5, 0.6) is 5.75 Å². The van der Waals surface area contributed by atoms with Gasteiger partial charge in [0.25, 0.3) is 5.91 Å². The number of benzene rings is 2. The lowest BCUT2D eigenvalue weighted by atomic mass is 10.1. The summed E-state index contributed by atoms with van der Waals surface area (Å²) in [4.78, 5) is 25.0. The molecule has 8 heteroatoms. The van der Waals surface area contributed by atoms with Gasteiger partial charge in [-0.3, -0.25) is 4.79 Å². The molecule has 2 heterocycles. The monoisotopic (exact) mass is 408 g/mol. The number of aryl methyl sites for hydroxylation is 2. The van der Waals surface area contributed by atoms with Crippen LogP contribution in [0.15, 0.2) is 45.3 Å². The van der Waals surface area contributed by atoms with Crippen LogP contribution in [-0.4, -0.2) is 30.2 Å². The van der Waals surface area contributed by atoms with Crippen LogP contribution in [0.25, 0.3) is 21.9 Å². The molecule has 1 atom stereocenters. The predicted octanol–water partition coefficient (Wildman–Crippen LogP) is 4.38. The van der Waals surface area contributed by atoms with Gasteiger partial charge in [0.05, 0.1) is 18.5 Å². The fourth-order valence-electron chi connectivity index (χ4n) is 3.30. The third kappa shape index (κ3) is 3.36. The number of hydrogen-bond donors (Lipinski definition) is 1. The van der Waals surface area contributed by atoms with Crippen molar-refractivity contribution in [2.24, 2.45) is 0 Å². The molecule has 0 saturated heterocycles. The lowest BCUT2D eigenvalue weighted by Crippen LogP contribution is -2.30. The standard InChI is InChI=1S/C22H20N2O6/c1-11-20(12(2)30-24-11)22(26)28-13(3)21(25)23-16-10-18-15(9-19(16)27-4)14-7-5-6-8-17(14)29-18/h5-10,13H,1-4H3,(H,23,25)/t13-/m1/s1. The first-order valence-corrected chi connectivity index (χ1v) is 9.33. The molecule has 2 aromatic carbocycles. The topological polar surface area (TPSA) is 104 Å². The van der Waals surface area contributed by atoms with Gasteiger partial charge in [0.1, 0.15) is 28.2 Å². The summed E-state index contributed by atoms with van der Waals surface area (Å²) >= 11 is 0. The molecule has 0 unspecified atom stereocenters. The number of fused-ring (bicyclic) bond motifs is 3. The van der Waals surface area contributed by atoms with E-state index in [1.807, 2.05) is 24.3 Å². The molecule has 0 fully saturated rings. The minimum absolute atomic E-state index is 0.218. The number of amides is 1. The first kappa shape index (κ1) is 19.5. The molecule has 154 valence electrons. The first-order chi connectivity index (χ1) is 14.4. The number of para-hydroxylation sites is 1. The Hall–Kier alpha value is -3.81. The third-order valence-electron chi connectivity index (χ3n) is 4.85. The summed E-state index contributed by atoms with van der Waals surface area (Å²) in [5.74, 6) is -0.383. The number of ether oxygens (including phenoxy) is 2. The van der Waals surface area contributed by atoms with Crippen molar-refractivity contribution in [3.05, 3.63) is 53.4 Å². The van der Waals surface area contributed by atoms with Crippen LogP contribution in [0.1, 0.15) is 28.7 Å². The Bertz CT molecular complexity index is 1250. The number of hydrogen-bond acceptors (Lipinski definition) is 7. The highest BCUT2D eigenvalue weighted by Gasteiger charge is 2.25. The van der Waals surface area contributed by atoms with Gasteiger partial charge in [-0.1, -0.05) is 23.4 Å². The minimum Gasteiger partial charge on any atom is -0.495 e. The molecule has 1 N–H and O–H groups in total. The lowest BCUT2D eigenvalue weighted by Gasteiger charge is -2.15. The summed E-state index contributed by atoms with van der Waals surface area (Å²) in [6.07, 6.45) is -1.05. The Balaban J connectivity index is 1.57. The molecular formula is C22H20N2O6. The van der Waals surface area contributed by atoms with E-state index in [0.717, 1.165) is 16.4 Å². The zero-order valence-electron chi connectivity index (χ0n) is 16.9. The minimum atomic E-state index is -1.05. The molecule has 0 aliphatic heterocycles. The van der Waals surface area contributed by atoms with Crippen LogP contribution in [0.3, 0.4) is 0 Å². The number of nitrogens with zero attached hydrogens (tertiary/aromatic N) is 1. The van der Waals surface area contributed by atoms with E-state index in [1.165, 1.54) is 14.0 Å². The van der Waals surface area contributed by atoms with Crippen molar-refractivity contribution < 1.29 is 28.0 Å². The van der Waals surface area contributed by atoms with E-state index >= 15 is 0 Å². The number of methoxy groups -OCH3 is 1. The first-order valence-electron chi connectivity index (χ1n) is 9.33. The number of carbonyl (C=O) groups is 2. The Morgan fingerprint density at radius 2 is 1.87 bits per heavy atom. The zero-order chi connectivity index (χ0) is 21.4. The number of aromatic nitrogens is 1. The average molecular weight is 408 g/mol. The van der Waals surface area contributed by atoms with Crippen molar-refractivity contribution in [2.45, 2.75) is 26.9 Å². The molecule has 0 bridgehead atoms. The van der Waals surface area contributed by atoms with Gasteiger partial charge in [0.2, 0.25) is 0 Å². The molecule has 1 amide bonds. The van der Waals surface area contributed by atoms with Gasteiger partial charge in [-0.2, -0.15) is 0 Å². The maximum absolute atomic E-state index is 12.7. The van der Waals surface area contributed by atoms with Gasteiger partial charge >= 0.3 is 5.97 Å². The fraction of sp³-hybridized carbons (Fsp3) is 0.227. The number of anilines is 1. The average Bonchev–Trinajstić information content (AvgIpc) is 3.25. The second-order valence-electron chi connectivity index (χ2n) is 6.88. The summed E-state index contributed by atoms with van der Waals surface area (Å²) in [5, 5.41) is 8.28. The smallest absolute Gasteiger partial charge is 0.344 e. The van der Waals surface area contributed by atoms with Crippen molar-refractivity contribution in [3.63, 3.8) is 0 Å². The Kier molecular flexibility index (Phi) is 4.91. The second kappa shape index (κ2) is 7.55. The van der Waals surface area contributed by atoms with Gasteiger partial charge in [-0.05, 0) is 32.9 Å². The third-order valence-corrected chi connectivity index (χ3v) is 4.85. The molecule has 0 aliphatic carbocycles. The molecule has 0 saturated carbocycles. The van der Waals surface area contributed by atoms with Crippen LogP contribution in [0, 0.1) is 13.8 Å². The van der Waals surface area contributed by atoms with Crippen LogP contribution in [0.2, 0.25) is 0 Å². The largest absolute Gasteiger partial charge is 0.495 e. The summed E-state index contributed by atoms with van der Waals surface area (Å²) in [7, 11) is 1.51. The quantitative estimate of drug-likeness (QED) is 0.489. The summed E-state index contributed by atoms with van der Waals surface area (Å²) in [5.41, 5.74) is 2.37. The molecule has 4 aromatic rings. The summed E-state index contributed by atoms with van der Waals surface area (Å²) in [6, 6.07) is 11.1. The summed E-state index contributed by atoms with van der Waals surface area (Å²) in [6.45, 7) is 4.72. The van der Waals surface area contributed by atoms with E-state index in [2.05, 4.69) is 10.5 Å². The van der Waals surface area contributed by atoms with Crippen LogP contribution < -0.4 is 10.1 Å². The van der Waals surface area contributed by atoms with E-state index in [4.69, 9.17) is 18.4 Å². The molecule has 4 rings (SSSR count). The van der Waals surface area contributed by atoms with Crippen LogP contribution in [-0.2, 0) is 9.53 Å². The van der Waals surface area contributed by atoms with Crippen molar-refractivity contribution in [1.82, 2.24) is 5.16 Å². The second-order valence-corrected chi connectivity index (χ2v) is 6.88. The molecule has 0 radical (unpaired) electrons. The Morgan fingerprint density at radius 1 is 1.10 bits per heavy atom. The van der Waals surface area contributed by atoms with Gasteiger partial charge in [-0.25, -0.2) is 4.79 Å². The normalized spacial score (nSPS) is 12.1. The van der Waals surface area contributed by atoms with Gasteiger partial charge in [-0.15, -0.1) is 0 Å². The number of nitrogens with one attached hydrogen (secondary N) is 1. The van der Waals surface area contributed by atoms with Gasteiger partial charge in [0.15, 0.2) is 6.10 Å². The van der Waals surface area contributed by atoms with Crippen LogP contribution >= 0.6 is 0 Å². The van der Waals surface area contributed by atoms with Crippen molar-refractivity contribution in [3.8, 4) is 5.75 Å². The van der Waals surface area contributed by atoms with Crippen molar-refractivity contribution >= 4 is 39.5 Å². The summed E-state index contributed by atoms with van der Waals surface area (Å²) < 4.78 is 21.6. The maximum Gasteiger partial charge on any atom is 0.344 e. The highest BCUT2D eigenvalue weighted by Crippen LogP contribution is 2.36. The molecule has 8 nitrogen and oxygen atoms in total. The van der Waals surface area contributed by atoms with Crippen LogP contribution in [0.4, 0.5) is 5.69 Å².